The molecule has 1 N–H and O–H groups in total. The molecule has 3 aliphatic rings. The fraction of sp³-hybridized carbons (Fsp3) is 0.524. The summed E-state index contributed by atoms with van der Waals surface area (Å²) in [6.45, 7) is 3.15. The van der Waals surface area contributed by atoms with Gasteiger partial charge in [0, 0.05) is 23.7 Å². The Morgan fingerprint density at radius 3 is 2.54 bits per heavy atom. The van der Waals surface area contributed by atoms with Crippen molar-refractivity contribution in [2.24, 2.45) is 5.92 Å². The summed E-state index contributed by atoms with van der Waals surface area (Å²) in [5.74, 6) is 0.228. The van der Waals surface area contributed by atoms with Gasteiger partial charge in [0.05, 0.1) is 0 Å². The number of hydrogen-bond acceptors (Lipinski definition) is 4. The van der Waals surface area contributed by atoms with Crippen molar-refractivity contribution < 1.29 is 9.59 Å². The second-order valence-corrected chi connectivity index (χ2v) is 7.99. The molecule has 138 valence electrons. The number of piperidine rings is 2. The van der Waals surface area contributed by atoms with Crippen LogP contribution < -0.4 is 5.32 Å². The summed E-state index contributed by atoms with van der Waals surface area (Å²) in [7, 11) is 0. The number of ketones is 2. The highest BCUT2D eigenvalue weighted by Gasteiger charge is 2.34. The van der Waals surface area contributed by atoms with Crippen molar-refractivity contribution in [1.82, 2.24) is 10.2 Å². The van der Waals surface area contributed by atoms with Crippen LogP contribution >= 0.6 is 11.6 Å². The molecule has 2 atom stereocenters. The van der Waals surface area contributed by atoms with Gasteiger partial charge in [-0.05, 0) is 51.1 Å². The third-order valence-corrected chi connectivity index (χ3v) is 6.47. The molecule has 26 heavy (non-hydrogen) atoms. The summed E-state index contributed by atoms with van der Waals surface area (Å²) in [6.07, 6.45) is 7.46. The lowest BCUT2D eigenvalue weighted by Crippen LogP contribution is -2.48. The zero-order chi connectivity index (χ0) is 18.1. The first-order valence-electron chi connectivity index (χ1n) is 9.73. The Bertz CT molecular complexity index is 756. The molecule has 2 heterocycles. The minimum atomic E-state index is -0.263. The lowest BCUT2D eigenvalue weighted by Gasteiger charge is -2.44. The molecule has 4 nitrogen and oxygen atoms in total. The molecule has 0 spiro atoms. The van der Waals surface area contributed by atoms with Crippen LogP contribution in [0, 0.1) is 5.92 Å². The van der Waals surface area contributed by atoms with Gasteiger partial charge in [-0.25, -0.2) is 0 Å². The number of benzene rings is 1. The number of allylic oxidation sites excluding steroid dienone is 2. The van der Waals surface area contributed by atoms with Crippen LogP contribution in [0.3, 0.4) is 0 Å². The number of nitrogens with zero attached hydrogens (tertiary/aromatic N) is 1. The van der Waals surface area contributed by atoms with E-state index in [9.17, 15) is 9.59 Å². The number of carbonyl (C=O) groups excluding carboxylic acids is 2. The van der Waals surface area contributed by atoms with Crippen molar-refractivity contribution in [3.05, 3.63) is 46.1 Å². The zero-order valence-electron chi connectivity index (χ0n) is 15.0. The predicted octanol–water partition coefficient (Wildman–Crippen LogP) is 3.76. The van der Waals surface area contributed by atoms with Gasteiger partial charge in [0.2, 0.25) is 11.6 Å². The molecule has 0 saturated carbocycles. The number of fused-ring (bicyclic) bond motifs is 2. The molecule has 0 aromatic heterocycles. The first-order valence-corrected chi connectivity index (χ1v) is 10.1. The minimum Gasteiger partial charge on any atom is -0.381 e. The molecule has 0 bridgehead atoms. The van der Waals surface area contributed by atoms with E-state index < -0.39 is 0 Å². The zero-order valence-corrected chi connectivity index (χ0v) is 15.7. The van der Waals surface area contributed by atoms with Crippen molar-refractivity contribution >= 4 is 23.2 Å². The molecule has 1 aliphatic carbocycles. The predicted molar refractivity (Wildman–Crippen MR) is 103 cm³/mol. The van der Waals surface area contributed by atoms with Crippen LogP contribution in [0.2, 0.25) is 0 Å². The molecule has 1 aromatic rings. The number of Topliss-reactive ketones (excluding diaryl/α,β-unsaturated/α-hetero) is 2. The molecule has 2 aliphatic heterocycles. The maximum absolute atomic E-state index is 12.7. The second kappa shape index (κ2) is 7.53. The van der Waals surface area contributed by atoms with Crippen molar-refractivity contribution in [3.8, 4) is 0 Å². The molecular weight excluding hydrogens is 348 g/mol. The summed E-state index contributed by atoms with van der Waals surface area (Å²) >= 11 is 6.23. The fourth-order valence-corrected chi connectivity index (χ4v) is 5.05. The largest absolute Gasteiger partial charge is 0.381 e. The van der Waals surface area contributed by atoms with E-state index in [4.69, 9.17) is 11.6 Å². The van der Waals surface area contributed by atoms with Crippen LogP contribution in [0.5, 0.6) is 0 Å². The van der Waals surface area contributed by atoms with Gasteiger partial charge in [0.25, 0.3) is 0 Å². The number of nitrogens with one attached hydrogen (secondary N) is 1. The number of rotatable bonds is 4. The highest BCUT2D eigenvalue weighted by Crippen LogP contribution is 2.33. The van der Waals surface area contributed by atoms with E-state index in [-0.39, 0.29) is 22.3 Å². The summed E-state index contributed by atoms with van der Waals surface area (Å²) in [4.78, 5) is 27.8. The van der Waals surface area contributed by atoms with Gasteiger partial charge in [-0.15, -0.1) is 0 Å². The summed E-state index contributed by atoms with van der Waals surface area (Å²) in [6, 6.07) is 7.58. The number of hydrogen-bond donors (Lipinski definition) is 1. The maximum atomic E-state index is 12.7. The van der Waals surface area contributed by atoms with Crippen LogP contribution in [0.25, 0.3) is 0 Å². The standard InChI is InChI=1S/C21H25ClN2O2/c22-18-19(21(26)16-8-2-1-7-15(16)20(18)25)23-11-10-14-6-5-13-24-12-4-3-9-17(14)24/h1-2,7-8,14,17,23H,3-6,9-13H2/t14-,17-/m1/s1. The first kappa shape index (κ1) is 17.7. The van der Waals surface area contributed by atoms with Crippen LogP contribution in [-0.2, 0) is 0 Å². The Hall–Kier alpha value is -1.65. The van der Waals surface area contributed by atoms with E-state index in [0.29, 0.717) is 29.6 Å². The Morgan fingerprint density at radius 1 is 1.00 bits per heavy atom. The van der Waals surface area contributed by atoms with E-state index in [1.165, 1.54) is 45.2 Å². The maximum Gasteiger partial charge on any atom is 0.211 e. The quantitative estimate of drug-likeness (QED) is 0.874. The van der Waals surface area contributed by atoms with Gasteiger partial charge in [-0.2, -0.15) is 0 Å². The van der Waals surface area contributed by atoms with E-state index in [2.05, 4.69) is 10.2 Å². The first-order chi connectivity index (χ1) is 12.7. The van der Waals surface area contributed by atoms with Gasteiger partial charge in [-0.3, -0.25) is 9.59 Å². The SMILES string of the molecule is O=C1C(Cl)=C(NCC[C@H]2CCCN3CCCC[C@H]23)C(=O)c2ccccc21. The monoisotopic (exact) mass is 372 g/mol. The topological polar surface area (TPSA) is 49.4 Å². The molecule has 4 rings (SSSR count). The van der Waals surface area contributed by atoms with Crippen molar-refractivity contribution in [2.45, 2.75) is 44.6 Å². The van der Waals surface area contributed by atoms with E-state index in [0.717, 1.165) is 6.42 Å². The number of halogens is 1. The van der Waals surface area contributed by atoms with Crippen LogP contribution in [-0.4, -0.2) is 42.1 Å². The van der Waals surface area contributed by atoms with Gasteiger partial charge in [0.15, 0.2) is 0 Å². The normalized spacial score (nSPS) is 26.5. The van der Waals surface area contributed by atoms with Crippen LogP contribution in [0.4, 0.5) is 0 Å². The molecule has 2 fully saturated rings. The lowest BCUT2D eigenvalue weighted by atomic mass is 9.81. The summed E-state index contributed by atoms with van der Waals surface area (Å²) in [5.41, 5.74) is 1.12. The van der Waals surface area contributed by atoms with Gasteiger partial charge in [-0.1, -0.05) is 42.3 Å². The molecule has 0 radical (unpaired) electrons. The minimum absolute atomic E-state index is 0.0247. The van der Waals surface area contributed by atoms with E-state index >= 15 is 0 Å². The Labute approximate surface area is 159 Å². The lowest BCUT2D eigenvalue weighted by molar-refractivity contribution is 0.0561. The smallest absolute Gasteiger partial charge is 0.211 e. The van der Waals surface area contributed by atoms with Gasteiger partial charge in [0.1, 0.15) is 10.7 Å². The van der Waals surface area contributed by atoms with Crippen molar-refractivity contribution in [3.63, 3.8) is 0 Å². The van der Waals surface area contributed by atoms with E-state index in [1.54, 1.807) is 24.3 Å². The fourth-order valence-electron chi connectivity index (χ4n) is 4.80. The van der Waals surface area contributed by atoms with Crippen molar-refractivity contribution in [2.75, 3.05) is 19.6 Å². The molecule has 0 amide bonds. The summed E-state index contributed by atoms with van der Waals surface area (Å²) in [5, 5.41) is 3.22. The molecule has 5 heteroatoms. The second-order valence-electron chi connectivity index (χ2n) is 7.61. The Morgan fingerprint density at radius 2 is 1.73 bits per heavy atom. The highest BCUT2D eigenvalue weighted by molar-refractivity contribution is 6.49. The third-order valence-electron chi connectivity index (χ3n) is 6.11. The highest BCUT2D eigenvalue weighted by atomic mass is 35.5. The average Bonchev–Trinajstić information content (AvgIpc) is 2.69. The van der Waals surface area contributed by atoms with Gasteiger partial charge < -0.3 is 10.2 Å². The number of carbonyl (C=O) groups is 2. The Kier molecular flexibility index (Phi) is 5.14. The van der Waals surface area contributed by atoms with Crippen molar-refractivity contribution in [1.29, 1.82) is 0 Å². The molecular formula is C21H25ClN2O2. The average molecular weight is 373 g/mol. The molecule has 0 unspecified atom stereocenters. The van der Waals surface area contributed by atoms with Crippen LogP contribution in [0.15, 0.2) is 35.0 Å². The molecule has 2 saturated heterocycles. The third kappa shape index (κ3) is 3.21. The Balaban J connectivity index is 1.42. The summed E-state index contributed by atoms with van der Waals surface area (Å²) < 4.78 is 0. The van der Waals surface area contributed by atoms with E-state index in [1.807, 2.05) is 0 Å². The van der Waals surface area contributed by atoms with Crippen LogP contribution in [0.1, 0.15) is 59.2 Å². The molecule has 1 aromatic carbocycles. The van der Waals surface area contributed by atoms with Gasteiger partial charge >= 0.3 is 0 Å².